The molecule has 0 fully saturated rings. The fraction of sp³-hybridized carbons (Fsp3) is 0.969. The number of unbranched alkanes of at least 4 members (excludes halogenated alkanes) is 51. The Morgan fingerprint density at radius 1 is 0.338 bits per heavy atom. The van der Waals surface area contributed by atoms with Crippen molar-refractivity contribution in [1.29, 1.82) is 0 Å². The van der Waals surface area contributed by atoms with Crippen LogP contribution < -0.4 is 5.32 Å². The summed E-state index contributed by atoms with van der Waals surface area (Å²) in [6, 6.07) is -0.536. The minimum atomic E-state index is -0.659. The van der Waals surface area contributed by atoms with Gasteiger partial charge in [0.25, 0.3) is 0 Å². The van der Waals surface area contributed by atoms with E-state index in [9.17, 15) is 19.8 Å². The summed E-state index contributed by atoms with van der Waals surface area (Å²) in [4.78, 5) is 24.5. The van der Waals surface area contributed by atoms with E-state index in [0.717, 1.165) is 38.5 Å². The van der Waals surface area contributed by atoms with Gasteiger partial charge in [0, 0.05) is 12.8 Å². The molecule has 0 rings (SSSR count). The molecule has 424 valence electrons. The molecule has 0 saturated heterocycles. The van der Waals surface area contributed by atoms with Crippen molar-refractivity contribution in [3.63, 3.8) is 0 Å². The lowest BCUT2D eigenvalue weighted by atomic mass is 10.0. The van der Waals surface area contributed by atoms with Crippen molar-refractivity contribution in [3.05, 3.63) is 0 Å². The first kappa shape index (κ1) is 69.9. The SMILES string of the molecule is CCCCCCCCCCCCCCC(=O)OCCCCCCCCCCCCCCCCCCCCCCCCCCCCCCCCC(=O)NC(CO)C(O)CCCCCCCCCCCCCC. The van der Waals surface area contributed by atoms with Gasteiger partial charge >= 0.3 is 5.97 Å². The molecule has 0 aromatic heterocycles. The zero-order chi connectivity index (χ0) is 51.4. The molecule has 0 radical (unpaired) electrons. The summed E-state index contributed by atoms with van der Waals surface area (Å²) in [5.74, 6) is -0.00750. The third kappa shape index (κ3) is 58.0. The molecule has 0 bridgehead atoms. The van der Waals surface area contributed by atoms with Crippen molar-refractivity contribution in [2.24, 2.45) is 0 Å². The standard InChI is InChI=1S/C65H129NO5/c1-3-5-7-9-11-13-15-37-41-45-49-53-57-63(68)62(61-67)66-64(69)58-54-50-46-42-38-35-33-31-29-27-25-23-21-19-17-18-20-22-24-26-28-30-32-34-36-40-44-48-52-56-60-71-65(70)59-55-51-47-43-39-16-14-12-10-8-6-4-2/h62-63,67-68H,3-61H2,1-2H3,(H,66,69). The number of rotatable bonds is 62. The van der Waals surface area contributed by atoms with Crippen LogP contribution in [0.2, 0.25) is 0 Å². The van der Waals surface area contributed by atoms with E-state index in [2.05, 4.69) is 19.2 Å². The lowest BCUT2D eigenvalue weighted by Gasteiger charge is -2.22. The van der Waals surface area contributed by atoms with Crippen LogP contribution in [0.4, 0.5) is 0 Å². The molecular formula is C65H129NO5. The maximum absolute atomic E-state index is 12.5. The zero-order valence-corrected chi connectivity index (χ0v) is 48.5. The summed E-state index contributed by atoms with van der Waals surface area (Å²) >= 11 is 0. The largest absolute Gasteiger partial charge is 0.466 e. The van der Waals surface area contributed by atoms with E-state index in [-0.39, 0.29) is 18.5 Å². The van der Waals surface area contributed by atoms with Crippen LogP contribution in [0.1, 0.15) is 380 Å². The number of hydrogen-bond donors (Lipinski definition) is 3. The maximum atomic E-state index is 12.5. The van der Waals surface area contributed by atoms with Gasteiger partial charge in [-0.3, -0.25) is 9.59 Å². The molecule has 3 N–H and O–H groups in total. The minimum absolute atomic E-state index is 0.0216. The molecule has 0 saturated carbocycles. The number of hydrogen-bond acceptors (Lipinski definition) is 5. The first-order valence-corrected chi connectivity index (χ1v) is 32.8. The van der Waals surface area contributed by atoms with Crippen LogP contribution in [0.5, 0.6) is 0 Å². The Morgan fingerprint density at radius 3 is 0.859 bits per heavy atom. The van der Waals surface area contributed by atoms with Crippen molar-refractivity contribution >= 4 is 11.9 Å². The second-order valence-electron chi connectivity index (χ2n) is 22.8. The van der Waals surface area contributed by atoms with Gasteiger partial charge in [0.15, 0.2) is 0 Å². The molecule has 0 aliphatic rings. The summed E-state index contributed by atoms with van der Waals surface area (Å²) in [6.45, 7) is 4.98. The van der Waals surface area contributed by atoms with E-state index in [1.807, 2.05) is 0 Å². The van der Waals surface area contributed by atoms with Crippen molar-refractivity contribution in [3.8, 4) is 0 Å². The number of carbonyl (C=O) groups is 2. The van der Waals surface area contributed by atoms with E-state index in [0.29, 0.717) is 25.9 Å². The number of amides is 1. The third-order valence-electron chi connectivity index (χ3n) is 15.7. The van der Waals surface area contributed by atoms with Gasteiger partial charge in [0.2, 0.25) is 5.91 Å². The Labute approximate surface area is 445 Å². The molecule has 1 amide bonds. The normalized spacial score (nSPS) is 12.5. The number of aliphatic hydroxyl groups is 2. The van der Waals surface area contributed by atoms with Crippen LogP contribution >= 0.6 is 0 Å². The lowest BCUT2D eigenvalue weighted by Crippen LogP contribution is -2.45. The molecular weight excluding hydrogens is 875 g/mol. The van der Waals surface area contributed by atoms with Crippen LogP contribution in [0.3, 0.4) is 0 Å². The van der Waals surface area contributed by atoms with Gasteiger partial charge in [-0.2, -0.15) is 0 Å². The van der Waals surface area contributed by atoms with Gasteiger partial charge < -0.3 is 20.3 Å². The Balaban J connectivity index is 3.30. The van der Waals surface area contributed by atoms with Crippen molar-refractivity contribution in [2.75, 3.05) is 13.2 Å². The summed E-state index contributed by atoms with van der Waals surface area (Å²) in [7, 11) is 0. The zero-order valence-electron chi connectivity index (χ0n) is 48.5. The van der Waals surface area contributed by atoms with E-state index < -0.39 is 12.1 Å². The summed E-state index contributed by atoms with van der Waals surface area (Å²) in [5, 5.41) is 23.2. The highest BCUT2D eigenvalue weighted by atomic mass is 16.5. The molecule has 0 aliphatic heterocycles. The maximum Gasteiger partial charge on any atom is 0.305 e. The van der Waals surface area contributed by atoms with E-state index >= 15 is 0 Å². The van der Waals surface area contributed by atoms with Gasteiger partial charge in [-0.05, 0) is 25.7 Å². The van der Waals surface area contributed by atoms with Gasteiger partial charge in [-0.25, -0.2) is 0 Å². The molecule has 2 unspecified atom stereocenters. The molecule has 0 heterocycles. The summed E-state index contributed by atoms with van der Waals surface area (Å²) < 4.78 is 5.48. The second kappa shape index (κ2) is 61.4. The first-order valence-electron chi connectivity index (χ1n) is 32.8. The van der Waals surface area contributed by atoms with Crippen LogP contribution in [-0.2, 0) is 14.3 Å². The average Bonchev–Trinajstić information content (AvgIpc) is 3.37. The molecule has 2 atom stereocenters. The quantitative estimate of drug-likeness (QED) is 0.0417. The smallest absolute Gasteiger partial charge is 0.305 e. The fourth-order valence-electron chi connectivity index (χ4n) is 10.6. The van der Waals surface area contributed by atoms with E-state index in [4.69, 9.17) is 4.74 Å². The Morgan fingerprint density at radius 2 is 0.577 bits per heavy atom. The highest BCUT2D eigenvalue weighted by Crippen LogP contribution is 2.19. The molecule has 0 spiro atoms. The Hall–Kier alpha value is -1.14. The van der Waals surface area contributed by atoms with Gasteiger partial charge in [0.1, 0.15) is 0 Å². The van der Waals surface area contributed by atoms with Gasteiger partial charge in [-0.15, -0.1) is 0 Å². The molecule has 0 aromatic carbocycles. The van der Waals surface area contributed by atoms with E-state index in [1.165, 1.54) is 308 Å². The van der Waals surface area contributed by atoms with Gasteiger partial charge in [0.05, 0.1) is 25.4 Å². The van der Waals surface area contributed by atoms with Crippen LogP contribution in [0, 0.1) is 0 Å². The molecule has 6 nitrogen and oxygen atoms in total. The van der Waals surface area contributed by atoms with Crippen molar-refractivity contribution in [1.82, 2.24) is 5.32 Å². The summed E-state index contributed by atoms with van der Waals surface area (Å²) in [6.07, 6.45) is 72.9. The predicted octanol–water partition coefficient (Wildman–Crippen LogP) is 20.6. The van der Waals surface area contributed by atoms with Crippen molar-refractivity contribution in [2.45, 2.75) is 392 Å². The van der Waals surface area contributed by atoms with Crippen LogP contribution in [-0.4, -0.2) is 47.4 Å². The Kier molecular flexibility index (Phi) is 60.4. The minimum Gasteiger partial charge on any atom is -0.466 e. The Bertz CT molecular complexity index is 1020. The van der Waals surface area contributed by atoms with E-state index in [1.54, 1.807) is 0 Å². The summed E-state index contributed by atoms with van der Waals surface area (Å²) in [5.41, 5.74) is 0. The first-order chi connectivity index (χ1) is 35.0. The highest BCUT2D eigenvalue weighted by molar-refractivity contribution is 5.76. The van der Waals surface area contributed by atoms with Crippen LogP contribution in [0.15, 0.2) is 0 Å². The third-order valence-corrected chi connectivity index (χ3v) is 15.7. The van der Waals surface area contributed by atoms with Gasteiger partial charge in [-0.1, -0.05) is 341 Å². The van der Waals surface area contributed by atoms with Crippen LogP contribution in [0.25, 0.3) is 0 Å². The number of ether oxygens (including phenoxy) is 1. The molecule has 0 aromatic rings. The molecule has 71 heavy (non-hydrogen) atoms. The second-order valence-corrected chi connectivity index (χ2v) is 22.8. The van der Waals surface area contributed by atoms with Crippen molar-refractivity contribution < 1.29 is 24.5 Å². The average molecular weight is 1000 g/mol. The molecule has 6 heteroatoms. The topological polar surface area (TPSA) is 95.9 Å². The number of aliphatic hydroxyl groups excluding tert-OH is 2. The molecule has 0 aliphatic carbocycles. The number of carbonyl (C=O) groups excluding carboxylic acids is 2. The fourth-order valence-corrected chi connectivity index (χ4v) is 10.6. The number of nitrogens with one attached hydrogen (secondary N) is 1. The number of esters is 1. The predicted molar refractivity (Wildman–Crippen MR) is 310 cm³/mol. The lowest BCUT2D eigenvalue weighted by molar-refractivity contribution is -0.143. The highest BCUT2D eigenvalue weighted by Gasteiger charge is 2.20. The monoisotopic (exact) mass is 1000 g/mol.